The van der Waals surface area contributed by atoms with Crippen LogP contribution in [0.5, 0.6) is 0 Å². The van der Waals surface area contributed by atoms with E-state index >= 15 is 0 Å². The lowest BCUT2D eigenvalue weighted by molar-refractivity contribution is 0.540. The molecule has 0 saturated heterocycles. The second kappa shape index (κ2) is 6.97. The van der Waals surface area contributed by atoms with Crippen LogP contribution >= 0.6 is 22.9 Å². The summed E-state index contributed by atoms with van der Waals surface area (Å²) in [4.78, 5) is 18.3. The van der Waals surface area contributed by atoms with Crippen molar-refractivity contribution in [2.24, 2.45) is 0 Å². The molecule has 0 aliphatic carbocycles. The summed E-state index contributed by atoms with van der Waals surface area (Å²) in [6.45, 7) is 3.06. The minimum Gasteiger partial charge on any atom is -0.290 e. The quantitative estimate of drug-likeness (QED) is 0.526. The van der Waals surface area contributed by atoms with Gasteiger partial charge >= 0.3 is 0 Å². The van der Waals surface area contributed by atoms with E-state index in [0.29, 0.717) is 34.2 Å². The minimum absolute atomic E-state index is 0.0914. The monoisotopic (exact) mass is 386 g/mol. The van der Waals surface area contributed by atoms with Crippen molar-refractivity contribution in [3.05, 3.63) is 57.9 Å². The maximum absolute atomic E-state index is 12.9. The molecular formula is C17H15ClN6OS. The van der Waals surface area contributed by atoms with Crippen molar-refractivity contribution < 1.29 is 0 Å². The van der Waals surface area contributed by atoms with Crippen molar-refractivity contribution in [3.8, 4) is 10.4 Å². The van der Waals surface area contributed by atoms with Gasteiger partial charge in [0.2, 0.25) is 0 Å². The van der Waals surface area contributed by atoms with Gasteiger partial charge in [-0.2, -0.15) is 0 Å². The van der Waals surface area contributed by atoms with Crippen LogP contribution in [0.25, 0.3) is 20.7 Å². The van der Waals surface area contributed by atoms with E-state index in [2.05, 4.69) is 27.4 Å². The molecule has 7 nitrogen and oxygen atoms in total. The molecule has 0 N–H and O–H groups in total. The molecule has 132 valence electrons. The molecule has 0 spiro atoms. The van der Waals surface area contributed by atoms with Crippen LogP contribution in [0.1, 0.15) is 19.2 Å². The summed E-state index contributed by atoms with van der Waals surface area (Å²) in [5.41, 5.74) is 1.61. The first-order valence-corrected chi connectivity index (χ1v) is 9.35. The number of thiophene rings is 1. The second-order valence-corrected chi connectivity index (χ2v) is 7.32. The van der Waals surface area contributed by atoms with Crippen molar-refractivity contribution in [1.29, 1.82) is 0 Å². The van der Waals surface area contributed by atoms with Crippen LogP contribution in [-0.2, 0) is 13.1 Å². The predicted molar refractivity (Wildman–Crippen MR) is 102 cm³/mol. The lowest BCUT2D eigenvalue weighted by Gasteiger charge is -2.05. The maximum Gasteiger partial charge on any atom is 0.271 e. The first-order valence-electron chi connectivity index (χ1n) is 8.15. The zero-order valence-corrected chi connectivity index (χ0v) is 15.5. The van der Waals surface area contributed by atoms with Crippen LogP contribution in [0, 0.1) is 0 Å². The Hall–Kier alpha value is -2.58. The molecule has 3 heterocycles. The number of benzene rings is 1. The molecule has 0 unspecified atom stereocenters. The van der Waals surface area contributed by atoms with E-state index < -0.39 is 0 Å². The Morgan fingerprint density at radius 2 is 2.04 bits per heavy atom. The zero-order valence-electron chi connectivity index (χ0n) is 14.0. The van der Waals surface area contributed by atoms with E-state index in [9.17, 15) is 4.79 Å². The number of tetrazole rings is 1. The number of nitrogens with zero attached hydrogens (tertiary/aromatic N) is 6. The van der Waals surface area contributed by atoms with Crippen LogP contribution in [0.2, 0.25) is 5.02 Å². The molecule has 0 saturated carbocycles. The first kappa shape index (κ1) is 16.9. The van der Waals surface area contributed by atoms with Gasteiger partial charge in [0.25, 0.3) is 5.56 Å². The largest absolute Gasteiger partial charge is 0.290 e. The Kier molecular flexibility index (Phi) is 4.52. The number of aromatic nitrogens is 6. The number of fused-ring (bicyclic) bond motifs is 1. The van der Waals surface area contributed by atoms with Gasteiger partial charge in [0.15, 0.2) is 5.82 Å². The topological polar surface area (TPSA) is 78.5 Å². The minimum atomic E-state index is -0.0914. The lowest BCUT2D eigenvalue weighted by Crippen LogP contribution is -2.22. The smallest absolute Gasteiger partial charge is 0.271 e. The number of hydrogen-bond acceptors (Lipinski definition) is 6. The lowest BCUT2D eigenvalue weighted by atomic mass is 10.2. The van der Waals surface area contributed by atoms with Gasteiger partial charge in [-0.1, -0.05) is 30.7 Å². The standard InChI is InChI=1S/C17H15ClN6OS/c1-2-7-24-15(20-21-22-24)9-23-10-19-13-8-14(26-16(13)17(23)25)11-3-5-12(18)6-4-11/h3-6,8,10H,2,7,9H2,1H3. The van der Waals surface area contributed by atoms with Crippen molar-refractivity contribution in [2.45, 2.75) is 26.4 Å². The summed E-state index contributed by atoms with van der Waals surface area (Å²) in [6, 6.07) is 9.46. The third-order valence-electron chi connectivity index (χ3n) is 3.99. The Morgan fingerprint density at radius 1 is 1.23 bits per heavy atom. The van der Waals surface area contributed by atoms with Gasteiger partial charge in [-0.3, -0.25) is 9.36 Å². The van der Waals surface area contributed by atoms with Crippen molar-refractivity contribution >= 4 is 33.2 Å². The summed E-state index contributed by atoms with van der Waals surface area (Å²) in [6.07, 6.45) is 2.47. The molecule has 1 aromatic carbocycles. The number of rotatable bonds is 5. The third kappa shape index (κ3) is 3.13. The molecule has 4 rings (SSSR count). The zero-order chi connectivity index (χ0) is 18.1. The van der Waals surface area contributed by atoms with E-state index in [0.717, 1.165) is 16.9 Å². The molecule has 9 heteroatoms. The average molecular weight is 387 g/mol. The Morgan fingerprint density at radius 3 is 2.81 bits per heavy atom. The summed E-state index contributed by atoms with van der Waals surface area (Å²) in [7, 11) is 0. The molecule has 0 aliphatic heterocycles. The highest BCUT2D eigenvalue weighted by Crippen LogP contribution is 2.31. The van der Waals surface area contributed by atoms with Crippen LogP contribution < -0.4 is 5.56 Å². The van der Waals surface area contributed by atoms with E-state index in [1.807, 2.05) is 30.3 Å². The molecule has 4 aromatic rings. The molecule has 0 aliphatic rings. The molecule has 0 atom stereocenters. The third-order valence-corrected chi connectivity index (χ3v) is 5.40. The van der Waals surface area contributed by atoms with E-state index in [-0.39, 0.29) is 5.56 Å². The molecule has 0 bridgehead atoms. The van der Waals surface area contributed by atoms with E-state index in [4.69, 9.17) is 11.6 Å². The van der Waals surface area contributed by atoms with Gasteiger partial charge in [0.1, 0.15) is 4.70 Å². The molecular weight excluding hydrogens is 372 g/mol. The molecule has 26 heavy (non-hydrogen) atoms. The first-order chi connectivity index (χ1) is 12.7. The highest BCUT2D eigenvalue weighted by molar-refractivity contribution is 7.22. The Labute approximate surface area is 157 Å². The molecule has 0 radical (unpaired) electrons. The van der Waals surface area contributed by atoms with Gasteiger partial charge in [0, 0.05) is 16.4 Å². The van der Waals surface area contributed by atoms with Crippen LogP contribution in [0.15, 0.2) is 41.5 Å². The average Bonchev–Trinajstić information content (AvgIpc) is 3.26. The Balaban J connectivity index is 1.72. The molecule has 0 amide bonds. The summed E-state index contributed by atoms with van der Waals surface area (Å²) in [5, 5.41) is 12.4. The molecule has 0 fully saturated rings. The summed E-state index contributed by atoms with van der Waals surface area (Å²) < 4.78 is 3.87. The summed E-state index contributed by atoms with van der Waals surface area (Å²) >= 11 is 7.37. The fourth-order valence-electron chi connectivity index (χ4n) is 2.69. The fraction of sp³-hybridized carbons (Fsp3) is 0.235. The second-order valence-electron chi connectivity index (χ2n) is 5.83. The van der Waals surface area contributed by atoms with Crippen LogP contribution in [0.4, 0.5) is 0 Å². The number of aryl methyl sites for hydroxylation is 1. The van der Waals surface area contributed by atoms with Crippen molar-refractivity contribution in [1.82, 2.24) is 29.8 Å². The van der Waals surface area contributed by atoms with Crippen molar-refractivity contribution in [2.75, 3.05) is 0 Å². The maximum atomic E-state index is 12.9. The highest BCUT2D eigenvalue weighted by Gasteiger charge is 2.13. The normalized spacial score (nSPS) is 11.3. The van der Waals surface area contributed by atoms with Gasteiger partial charge in [-0.05, 0) is 40.6 Å². The number of hydrogen-bond donors (Lipinski definition) is 0. The fourth-order valence-corrected chi connectivity index (χ4v) is 3.88. The van der Waals surface area contributed by atoms with Crippen molar-refractivity contribution in [3.63, 3.8) is 0 Å². The molecule has 3 aromatic heterocycles. The SMILES string of the molecule is CCCn1nnnc1Cn1cnc2cc(-c3ccc(Cl)cc3)sc2c1=O. The van der Waals surface area contributed by atoms with Gasteiger partial charge in [0.05, 0.1) is 18.4 Å². The number of halogens is 1. The van der Waals surface area contributed by atoms with E-state index in [1.54, 1.807) is 15.6 Å². The summed E-state index contributed by atoms with van der Waals surface area (Å²) in [5.74, 6) is 0.643. The highest BCUT2D eigenvalue weighted by atomic mass is 35.5. The predicted octanol–water partition coefficient (Wildman–Crippen LogP) is 3.22. The van der Waals surface area contributed by atoms with E-state index in [1.165, 1.54) is 11.3 Å². The van der Waals surface area contributed by atoms with Gasteiger partial charge < -0.3 is 0 Å². The van der Waals surface area contributed by atoms with Gasteiger partial charge in [-0.15, -0.1) is 16.4 Å². The van der Waals surface area contributed by atoms with Crippen LogP contribution in [-0.4, -0.2) is 29.8 Å². The van der Waals surface area contributed by atoms with Gasteiger partial charge in [-0.25, -0.2) is 9.67 Å². The van der Waals surface area contributed by atoms with Crippen LogP contribution in [0.3, 0.4) is 0 Å². The Bertz CT molecular complexity index is 1110.